The van der Waals surface area contributed by atoms with Crippen molar-refractivity contribution in [3.63, 3.8) is 0 Å². The molecule has 0 radical (unpaired) electrons. The number of rotatable bonds is 3. The van der Waals surface area contributed by atoms with Crippen LogP contribution in [0, 0.1) is 0 Å². The highest BCUT2D eigenvalue weighted by Gasteiger charge is 2.08. The zero-order valence-electron chi connectivity index (χ0n) is 10.7. The Hall–Kier alpha value is -1.66. The van der Waals surface area contributed by atoms with Crippen molar-refractivity contribution in [3.8, 4) is 5.75 Å². The smallest absolute Gasteiger partial charge is 0.171 e. The van der Waals surface area contributed by atoms with Crippen LogP contribution in [-0.4, -0.2) is 17.1 Å². The molecule has 0 spiro atoms. The number of nitrogens with one attached hydrogen (secondary N) is 1. The quantitative estimate of drug-likeness (QED) is 0.699. The molecule has 4 nitrogen and oxygen atoms in total. The van der Waals surface area contributed by atoms with Gasteiger partial charge in [0.25, 0.3) is 0 Å². The lowest BCUT2D eigenvalue weighted by molar-refractivity contribution is 0.415. The van der Waals surface area contributed by atoms with Crippen molar-refractivity contribution in [1.29, 1.82) is 0 Å². The number of hydrogen-bond acceptors (Lipinski definition) is 4. The van der Waals surface area contributed by atoms with Crippen LogP contribution in [0.15, 0.2) is 50.9 Å². The first kappa shape index (κ1) is 13.3. The van der Waals surface area contributed by atoms with Crippen LogP contribution >= 0.6 is 27.7 Å². The number of aromatic nitrogens is 2. The van der Waals surface area contributed by atoms with Crippen LogP contribution in [0.1, 0.15) is 0 Å². The number of fused-ring (bicyclic) bond motifs is 1. The molecule has 0 amide bonds. The fourth-order valence-corrected chi connectivity index (χ4v) is 3.06. The van der Waals surface area contributed by atoms with Gasteiger partial charge in [-0.3, -0.25) is 0 Å². The number of anilines is 1. The highest BCUT2D eigenvalue weighted by atomic mass is 79.9. The Morgan fingerprint density at radius 1 is 1.25 bits per heavy atom. The molecule has 0 aliphatic heterocycles. The summed E-state index contributed by atoms with van der Waals surface area (Å²) in [7, 11) is 1.65. The topological polar surface area (TPSA) is 63.9 Å². The molecule has 0 aliphatic carbocycles. The lowest BCUT2D eigenvalue weighted by Crippen LogP contribution is -1.88. The second kappa shape index (κ2) is 5.38. The molecule has 0 aliphatic rings. The maximum absolute atomic E-state index is 6.00. The highest BCUT2D eigenvalue weighted by molar-refractivity contribution is 9.10. The molecule has 0 bridgehead atoms. The molecule has 102 valence electrons. The van der Waals surface area contributed by atoms with Crippen molar-refractivity contribution in [2.75, 3.05) is 12.8 Å². The lowest BCUT2D eigenvalue weighted by Gasteiger charge is -2.03. The average molecular weight is 350 g/mol. The first-order chi connectivity index (χ1) is 9.65. The second-order valence-corrected chi connectivity index (χ2v) is 6.16. The minimum absolute atomic E-state index is 0.724. The van der Waals surface area contributed by atoms with Crippen molar-refractivity contribution < 1.29 is 4.74 Å². The normalized spacial score (nSPS) is 10.9. The second-order valence-electron chi connectivity index (χ2n) is 4.21. The summed E-state index contributed by atoms with van der Waals surface area (Å²) in [5.41, 5.74) is 8.57. The summed E-state index contributed by atoms with van der Waals surface area (Å²) < 4.78 is 6.17. The van der Waals surface area contributed by atoms with Crippen LogP contribution in [0.5, 0.6) is 5.75 Å². The van der Waals surface area contributed by atoms with E-state index in [9.17, 15) is 0 Å². The van der Waals surface area contributed by atoms with Crippen molar-refractivity contribution in [2.24, 2.45) is 0 Å². The molecule has 3 rings (SSSR count). The largest absolute Gasteiger partial charge is 0.497 e. The Bertz CT molecular complexity index is 772. The number of aromatic amines is 1. The van der Waals surface area contributed by atoms with Crippen LogP contribution in [0.4, 0.5) is 5.69 Å². The minimum atomic E-state index is 0.724. The molecule has 2 aromatic carbocycles. The summed E-state index contributed by atoms with van der Waals surface area (Å²) >= 11 is 4.91. The van der Waals surface area contributed by atoms with E-state index < -0.39 is 0 Å². The molecular formula is C14H12BrN3OS. The summed E-state index contributed by atoms with van der Waals surface area (Å²) in [5, 5.41) is 0.808. The highest BCUT2D eigenvalue weighted by Crippen LogP contribution is 2.33. The van der Waals surface area contributed by atoms with Gasteiger partial charge < -0.3 is 15.5 Å². The maximum atomic E-state index is 6.00. The van der Waals surface area contributed by atoms with E-state index >= 15 is 0 Å². The predicted molar refractivity (Wildman–Crippen MR) is 85.3 cm³/mol. The van der Waals surface area contributed by atoms with Crippen molar-refractivity contribution in [1.82, 2.24) is 9.97 Å². The van der Waals surface area contributed by atoms with E-state index in [0.29, 0.717) is 0 Å². The molecule has 1 heterocycles. The minimum Gasteiger partial charge on any atom is -0.497 e. The van der Waals surface area contributed by atoms with Crippen LogP contribution < -0.4 is 10.5 Å². The number of benzene rings is 2. The number of nitrogens with two attached hydrogens (primary N) is 1. The van der Waals surface area contributed by atoms with Crippen LogP contribution in [-0.2, 0) is 0 Å². The molecule has 1 aromatic heterocycles. The Kier molecular flexibility index (Phi) is 3.58. The third kappa shape index (κ3) is 2.62. The van der Waals surface area contributed by atoms with E-state index in [0.717, 1.165) is 37.0 Å². The van der Waals surface area contributed by atoms with Crippen molar-refractivity contribution in [2.45, 2.75) is 10.1 Å². The third-order valence-corrected chi connectivity index (χ3v) is 4.32. The number of H-pyrrole nitrogens is 1. The number of ether oxygens (including phenoxy) is 1. The lowest BCUT2D eigenvalue weighted by atomic mass is 10.3. The molecular weight excluding hydrogens is 338 g/mol. The Morgan fingerprint density at radius 2 is 2.10 bits per heavy atom. The molecule has 6 heteroatoms. The van der Waals surface area contributed by atoms with E-state index in [1.54, 1.807) is 7.11 Å². The van der Waals surface area contributed by atoms with Gasteiger partial charge in [0.1, 0.15) is 5.75 Å². The fourth-order valence-electron chi connectivity index (χ4n) is 1.86. The zero-order valence-corrected chi connectivity index (χ0v) is 13.1. The number of imidazole rings is 1. The Labute approximate surface area is 128 Å². The van der Waals surface area contributed by atoms with Gasteiger partial charge in [-0.2, -0.15) is 0 Å². The summed E-state index contributed by atoms with van der Waals surface area (Å²) in [4.78, 5) is 8.77. The molecule has 0 saturated carbocycles. The standard InChI is InChI=1S/C14H12BrN3OS/c1-19-9-3-4-11-12(7-9)18-14(17-11)20-13-5-2-8(15)6-10(13)16/h2-7H,16H2,1H3,(H,17,18). The SMILES string of the molecule is COc1ccc2nc(Sc3ccc(Br)cc3N)[nH]c2c1. The summed E-state index contributed by atoms with van der Waals surface area (Å²) in [6, 6.07) is 11.6. The fraction of sp³-hybridized carbons (Fsp3) is 0.0714. The van der Waals surface area contributed by atoms with Crippen LogP contribution in [0.2, 0.25) is 0 Å². The number of halogens is 1. The average Bonchev–Trinajstić information content (AvgIpc) is 2.83. The summed E-state index contributed by atoms with van der Waals surface area (Å²) in [5.74, 6) is 0.806. The molecule has 3 N–H and O–H groups in total. The van der Waals surface area contributed by atoms with Crippen molar-refractivity contribution in [3.05, 3.63) is 40.9 Å². The third-order valence-electron chi connectivity index (χ3n) is 2.85. The number of methoxy groups -OCH3 is 1. The number of hydrogen-bond donors (Lipinski definition) is 2. The summed E-state index contributed by atoms with van der Waals surface area (Å²) in [6.45, 7) is 0. The van der Waals surface area contributed by atoms with Gasteiger partial charge in [-0.1, -0.05) is 15.9 Å². The van der Waals surface area contributed by atoms with Crippen LogP contribution in [0.3, 0.4) is 0 Å². The Morgan fingerprint density at radius 3 is 2.85 bits per heavy atom. The first-order valence-electron chi connectivity index (χ1n) is 5.92. The van der Waals surface area contributed by atoms with E-state index in [1.807, 2.05) is 36.4 Å². The van der Waals surface area contributed by atoms with Crippen LogP contribution in [0.25, 0.3) is 11.0 Å². The van der Waals surface area contributed by atoms with Gasteiger partial charge in [-0.15, -0.1) is 0 Å². The van der Waals surface area contributed by atoms with Gasteiger partial charge in [0.2, 0.25) is 0 Å². The van der Waals surface area contributed by atoms with E-state index in [-0.39, 0.29) is 0 Å². The molecule has 20 heavy (non-hydrogen) atoms. The van der Waals surface area contributed by atoms with Gasteiger partial charge in [0.15, 0.2) is 5.16 Å². The van der Waals surface area contributed by atoms with Gasteiger partial charge in [0, 0.05) is 21.1 Å². The van der Waals surface area contributed by atoms with Crippen molar-refractivity contribution >= 4 is 44.4 Å². The Balaban J connectivity index is 1.94. The molecule has 0 fully saturated rings. The van der Waals surface area contributed by atoms with E-state index in [4.69, 9.17) is 10.5 Å². The molecule has 0 saturated heterocycles. The predicted octanol–water partition coefficient (Wildman–Crippen LogP) is 4.07. The molecule has 3 aromatic rings. The molecule has 0 atom stereocenters. The summed E-state index contributed by atoms with van der Waals surface area (Å²) in [6.07, 6.45) is 0. The number of nitrogens with zero attached hydrogens (tertiary/aromatic N) is 1. The van der Waals surface area contributed by atoms with E-state index in [2.05, 4.69) is 25.9 Å². The van der Waals surface area contributed by atoms with E-state index in [1.165, 1.54) is 11.8 Å². The monoisotopic (exact) mass is 349 g/mol. The van der Waals surface area contributed by atoms with Gasteiger partial charge in [-0.25, -0.2) is 4.98 Å². The first-order valence-corrected chi connectivity index (χ1v) is 7.53. The van der Waals surface area contributed by atoms with Gasteiger partial charge in [-0.05, 0) is 42.1 Å². The maximum Gasteiger partial charge on any atom is 0.171 e. The van der Waals surface area contributed by atoms with Gasteiger partial charge >= 0.3 is 0 Å². The molecule has 0 unspecified atom stereocenters. The zero-order chi connectivity index (χ0) is 14.1. The number of nitrogen functional groups attached to an aromatic ring is 1. The van der Waals surface area contributed by atoms with Gasteiger partial charge in [0.05, 0.1) is 18.1 Å².